The minimum absolute atomic E-state index is 0.0578. The van der Waals surface area contributed by atoms with Crippen LogP contribution in [0.1, 0.15) is 28.9 Å². The number of anilines is 1. The van der Waals surface area contributed by atoms with Crippen LogP contribution in [0.4, 0.5) is 18.9 Å². The zero-order valence-corrected chi connectivity index (χ0v) is 16.6. The number of carbonyl (C=O) groups is 3. The van der Waals surface area contributed by atoms with Crippen LogP contribution in [-0.2, 0) is 15.0 Å². The number of fused-ring (bicyclic) bond motifs is 2. The van der Waals surface area contributed by atoms with Gasteiger partial charge in [0.1, 0.15) is 5.69 Å². The van der Waals surface area contributed by atoms with Crippen LogP contribution in [0.5, 0.6) is 0 Å². The van der Waals surface area contributed by atoms with Gasteiger partial charge >= 0.3 is 12.1 Å². The molecule has 31 heavy (non-hydrogen) atoms. The molecular weight excluding hydrogens is 415 g/mol. The van der Waals surface area contributed by atoms with Crippen LogP contribution < -0.4 is 4.90 Å². The van der Waals surface area contributed by atoms with Gasteiger partial charge in [-0.2, -0.15) is 13.2 Å². The number of aliphatic carboxylic acids is 1. The number of pyridine rings is 1. The van der Waals surface area contributed by atoms with Crippen molar-refractivity contribution in [2.75, 3.05) is 25.0 Å². The van der Waals surface area contributed by atoms with Gasteiger partial charge in [0, 0.05) is 32.0 Å². The molecule has 164 valence electrons. The Hall–Kier alpha value is -3.43. The molecule has 10 heteroatoms. The molecule has 1 saturated heterocycles. The Bertz CT molecular complexity index is 987. The van der Waals surface area contributed by atoms with E-state index in [0.29, 0.717) is 31.6 Å². The first-order valence-corrected chi connectivity index (χ1v) is 9.46. The zero-order valence-electron chi connectivity index (χ0n) is 16.6. The summed E-state index contributed by atoms with van der Waals surface area (Å²) in [7, 11) is 1.83. The van der Waals surface area contributed by atoms with E-state index >= 15 is 0 Å². The topological polar surface area (TPSA) is 90.8 Å². The number of aromatic nitrogens is 1. The van der Waals surface area contributed by atoms with E-state index in [9.17, 15) is 22.8 Å². The van der Waals surface area contributed by atoms with Crippen molar-refractivity contribution in [3.63, 3.8) is 0 Å². The number of carbonyl (C=O) groups excluding carboxylic acids is 2. The van der Waals surface area contributed by atoms with Crippen molar-refractivity contribution in [2.45, 2.75) is 24.4 Å². The number of halogens is 3. The number of amides is 2. The van der Waals surface area contributed by atoms with Crippen molar-refractivity contribution in [1.82, 2.24) is 9.88 Å². The number of likely N-dealkylation sites (N-methyl/N-ethyl adjacent to an activating group) is 1. The fourth-order valence-electron chi connectivity index (χ4n) is 3.94. The van der Waals surface area contributed by atoms with E-state index in [-0.39, 0.29) is 11.8 Å². The molecule has 2 aliphatic heterocycles. The third-order valence-corrected chi connectivity index (χ3v) is 5.53. The van der Waals surface area contributed by atoms with Crippen LogP contribution in [-0.4, -0.2) is 59.1 Å². The highest BCUT2D eigenvalue weighted by Gasteiger charge is 2.51. The molecule has 1 spiro atoms. The van der Waals surface area contributed by atoms with Crippen molar-refractivity contribution >= 4 is 23.5 Å². The largest absolute Gasteiger partial charge is 0.490 e. The Morgan fingerprint density at radius 1 is 1.06 bits per heavy atom. The van der Waals surface area contributed by atoms with Crippen molar-refractivity contribution in [2.24, 2.45) is 0 Å². The van der Waals surface area contributed by atoms with Crippen molar-refractivity contribution in [3.8, 4) is 0 Å². The van der Waals surface area contributed by atoms with E-state index in [2.05, 4.69) is 4.98 Å². The van der Waals surface area contributed by atoms with E-state index < -0.39 is 17.6 Å². The van der Waals surface area contributed by atoms with Crippen molar-refractivity contribution in [3.05, 3.63) is 59.9 Å². The lowest BCUT2D eigenvalue weighted by Gasteiger charge is -2.38. The molecule has 0 atom stereocenters. The van der Waals surface area contributed by atoms with E-state index in [0.717, 1.165) is 11.3 Å². The molecule has 1 fully saturated rings. The highest BCUT2D eigenvalue weighted by atomic mass is 19.4. The fourth-order valence-corrected chi connectivity index (χ4v) is 3.94. The number of rotatable bonds is 1. The molecule has 0 unspecified atom stereocenters. The molecular formula is C21H20F3N3O4. The third kappa shape index (κ3) is 4.23. The molecule has 3 heterocycles. The number of carboxylic acids is 1. The second-order valence-electron chi connectivity index (χ2n) is 7.27. The predicted octanol–water partition coefficient (Wildman–Crippen LogP) is 2.87. The number of carboxylic acid groups (broad SMARTS) is 1. The fraction of sp³-hybridized carbons (Fsp3) is 0.333. The Balaban J connectivity index is 0.000000339. The Morgan fingerprint density at radius 3 is 2.19 bits per heavy atom. The molecule has 2 aliphatic rings. The van der Waals surface area contributed by atoms with Gasteiger partial charge in [0.05, 0.1) is 5.41 Å². The zero-order chi connectivity index (χ0) is 22.8. The SMILES string of the molecule is CN1C(=O)C2(CCN(C(=O)c3ccccn3)CC2)c2ccccc21.O=C(O)C(F)(F)F. The average molecular weight is 435 g/mol. The van der Waals surface area contributed by atoms with Crippen molar-refractivity contribution in [1.29, 1.82) is 0 Å². The maximum absolute atomic E-state index is 12.9. The molecule has 7 nitrogen and oxygen atoms in total. The second kappa shape index (κ2) is 8.37. The Kier molecular flexibility index (Phi) is 6.01. The molecule has 2 amide bonds. The number of hydrogen-bond donors (Lipinski definition) is 1. The van der Waals surface area contributed by atoms with Gasteiger partial charge in [-0.15, -0.1) is 0 Å². The highest BCUT2D eigenvalue weighted by molar-refractivity contribution is 6.08. The van der Waals surface area contributed by atoms with Crippen LogP contribution in [0, 0.1) is 0 Å². The van der Waals surface area contributed by atoms with E-state index in [1.54, 1.807) is 23.2 Å². The maximum atomic E-state index is 12.9. The number of benzene rings is 1. The smallest absolute Gasteiger partial charge is 0.475 e. The summed E-state index contributed by atoms with van der Waals surface area (Å²) in [5, 5.41) is 7.12. The van der Waals surface area contributed by atoms with E-state index in [1.165, 1.54) is 0 Å². The molecule has 1 N–H and O–H groups in total. The van der Waals surface area contributed by atoms with Crippen LogP contribution >= 0.6 is 0 Å². The minimum Gasteiger partial charge on any atom is -0.475 e. The lowest BCUT2D eigenvalue weighted by atomic mass is 9.73. The number of nitrogens with zero attached hydrogens (tertiary/aromatic N) is 3. The van der Waals surface area contributed by atoms with E-state index in [1.807, 2.05) is 42.3 Å². The molecule has 4 rings (SSSR count). The lowest BCUT2D eigenvalue weighted by Crippen LogP contribution is -2.49. The molecule has 1 aromatic heterocycles. The lowest BCUT2D eigenvalue weighted by molar-refractivity contribution is -0.192. The predicted molar refractivity (Wildman–Crippen MR) is 105 cm³/mol. The normalized spacial score (nSPS) is 17.1. The number of likely N-dealkylation sites (tertiary alicyclic amines) is 1. The molecule has 0 radical (unpaired) electrons. The summed E-state index contributed by atoms with van der Waals surface area (Å²) in [5.74, 6) is -2.67. The van der Waals surface area contributed by atoms with Gasteiger partial charge in [-0.05, 0) is 36.6 Å². The van der Waals surface area contributed by atoms with Crippen LogP contribution in [0.25, 0.3) is 0 Å². The average Bonchev–Trinajstić information content (AvgIpc) is 2.97. The van der Waals surface area contributed by atoms with Crippen LogP contribution in [0.2, 0.25) is 0 Å². The number of para-hydroxylation sites is 1. The summed E-state index contributed by atoms with van der Waals surface area (Å²) in [6.07, 6.45) is -2.14. The molecule has 0 aliphatic carbocycles. The molecule has 1 aromatic carbocycles. The number of piperidine rings is 1. The van der Waals surface area contributed by atoms with Crippen molar-refractivity contribution < 1.29 is 32.7 Å². The summed E-state index contributed by atoms with van der Waals surface area (Å²) in [5.41, 5.74) is 2.07. The first-order valence-electron chi connectivity index (χ1n) is 9.46. The minimum atomic E-state index is -5.08. The second-order valence-corrected chi connectivity index (χ2v) is 7.27. The summed E-state index contributed by atoms with van der Waals surface area (Å²) >= 11 is 0. The standard InChI is InChI=1S/C19H19N3O2.C2HF3O2/c1-21-16-8-3-2-6-14(16)19(18(21)24)9-12-22(13-10-19)17(23)15-7-4-5-11-20-15;3-2(4,5)1(6)7/h2-8,11H,9-10,12-13H2,1H3;(H,6,7). The third-order valence-electron chi connectivity index (χ3n) is 5.53. The van der Waals surface area contributed by atoms with Gasteiger partial charge in [-0.3, -0.25) is 14.6 Å². The first-order chi connectivity index (χ1) is 14.6. The Morgan fingerprint density at radius 2 is 1.65 bits per heavy atom. The van der Waals surface area contributed by atoms with Crippen LogP contribution in [0.3, 0.4) is 0 Å². The highest BCUT2D eigenvalue weighted by Crippen LogP contribution is 2.47. The summed E-state index contributed by atoms with van der Waals surface area (Å²) in [4.78, 5) is 42.1. The summed E-state index contributed by atoms with van der Waals surface area (Å²) in [6, 6.07) is 13.3. The molecule has 0 bridgehead atoms. The summed E-state index contributed by atoms with van der Waals surface area (Å²) in [6.45, 7) is 1.15. The monoisotopic (exact) mass is 435 g/mol. The van der Waals surface area contributed by atoms with Gasteiger partial charge in [0.2, 0.25) is 5.91 Å². The Labute approximate surface area is 176 Å². The van der Waals surface area contributed by atoms with Gasteiger partial charge in [0.15, 0.2) is 0 Å². The number of hydrogen-bond acceptors (Lipinski definition) is 4. The maximum Gasteiger partial charge on any atom is 0.490 e. The molecule has 0 saturated carbocycles. The van der Waals surface area contributed by atoms with Gasteiger partial charge < -0.3 is 14.9 Å². The van der Waals surface area contributed by atoms with E-state index in [4.69, 9.17) is 9.90 Å². The van der Waals surface area contributed by atoms with Crippen LogP contribution in [0.15, 0.2) is 48.7 Å². The van der Waals surface area contributed by atoms with Gasteiger partial charge in [-0.25, -0.2) is 4.79 Å². The number of alkyl halides is 3. The summed E-state index contributed by atoms with van der Waals surface area (Å²) < 4.78 is 31.7. The van der Waals surface area contributed by atoms with Gasteiger partial charge in [-0.1, -0.05) is 24.3 Å². The van der Waals surface area contributed by atoms with Gasteiger partial charge in [0.25, 0.3) is 5.91 Å². The molecule has 2 aromatic rings. The quantitative estimate of drug-likeness (QED) is 0.744. The first kappa shape index (κ1) is 22.3.